The van der Waals surface area contributed by atoms with Crippen LogP contribution in [0.5, 0.6) is 0 Å². The van der Waals surface area contributed by atoms with Gasteiger partial charge in [0, 0.05) is 18.3 Å². The summed E-state index contributed by atoms with van der Waals surface area (Å²) in [5, 5.41) is 5.36. The van der Waals surface area contributed by atoms with E-state index in [2.05, 4.69) is 27.5 Å². The Kier molecular flexibility index (Phi) is 16.4. The van der Waals surface area contributed by atoms with Crippen LogP contribution in [0.3, 0.4) is 0 Å². The van der Waals surface area contributed by atoms with Gasteiger partial charge in [0.15, 0.2) is 0 Å². The molecule has 2 atom stereocenters. The third kappa shape index (κ3) is 13.3. The summed E-state index contributed by atoms with van der Waals surface area (Å²) in [4.78, 5) is 44.4. The minimum absolute atomic E-state index is 0.195. The normalized spacial score (nSPS) is 12.7. The molecule has 7 N–H and O–H groups in total. The van der Waals surface area contributed by atoms with E-state index in [9.17, 15) is 14.4 Å². The molecule has 194 valence electrons. The van der Waals surface area contributed by atoms with Gasteiger partial charge in [0.2, 0.25) is 11.8 Å². The lowest BCUT2D eigenvalue weighted by atomic mass is 10.1. The van der Waals surface area contributed by atoms with Crippen LogP contribution in [-0.2, 0) is 25.5 Å². The molecule has 0 aliphatic carbocycles. The van der Waals surface area contributed by atoms with Crippen molar-refractivity contribution < 1.29 is 19.1 Å². The van der Waals surface area contributed by atoms with Crippen LogP contribution in [0.4, 0.5) is 0 Å². The summed E-state index contributed by atoms with van der Waals surface area (Å²) in [5.41, 5.74) is 11.6. The highest BCUT2D eigenvalue weighted by Crippen LogP contribution is 2.10. The van der Waals surface area contributed by atoms with E-state index < -0.39 is 29.9 Å². The van der Waals surface area contributed by atoms with Crippen LogP contribution < -0.4 is 22.1 Å². The van der Waals surface area contributed by atoms with Gasteiger partial charge in [-0.25, -0.2) is 9.78 Å². The summed E-state index contributed by atoms with van der Waals surface area (Å²) < 4.78 is 5.46. The highest BCUT2D eigenvalue weighted by Gasteiger charge is 2.27. The smallest absolute Gasteiger partial charge is 0.328 e. The second-order valence-electron chi connectivity index (χ2n) is 8.59. The van der Waals surface area contributed by atoms with E-state index in [1.807, 2.05) is 0 Å². The molecule has 0 saturated heterocycles. The third-order valence-electron chi connectivity index (χ3n) is 5.61. The van der Waals surface area contributed by atoms with Gasteiger partial charge in [-0.05, 0) is 32.2 Å². The lowest BCUT2D eigenvalue weighted by Gasteiger charge is -2.22. The molecule has 0 saturated carbocycles. The van der Waals surface area contributed by atoms with E-state index in [0.717, 1.165) is 25.7 Å². The zero-order valence-electron chi connectivity index (χ0n) is 20.7. The van der Waals surface area contributed by atoms with Crippen LogP contribution in [0.2, 0.25) is 0 Å². The molecular formula is C24H44N6O4. The van der Waals surface area contributed by atoms with Crippen molar-refractivity contribution in [2.24, 2.45) is 11.5 Å². The van der Waals surface area contributed by atoms with Crippen LogP contribution in [0.15, 0.2) is 12.5 Å². The maximum absolute atomic E-state index is 13.0. The van der Waals surface area contributed by atoms with Crippen LogP contribution in [0.25, 0.3) is 0 Å². The maximum Gasteiger partial charge on any atom is 0.328 e. The fourth-order valence-electron chi connectivity index (χ4n) is 3.60. The molecular weight excluding hydrogens is 436 g/mol. The van der Waals surface area contributed by atoms with Gasteiger partial charge in [-0.2, -0.15) is 0 Å². The number of aromatic amines is 1. The lowest BCUT2D eigenvalue weighted by molar-refractivity contribution is -0.148. The highest BCUT2D eigenvalue weighted by molar-refractivity contribution is 5.91. The molecule has 2 amide bonds. The molecule has 34 heavy (non-hydrogen) atoms. The van der Waals surface area contributed by atoms with E-state index in [-0.39, 0.29) is 13.0 Å². The Balaban J connectivity index is 2.57. The third-order valence-corrected chi connectivity index (χ3v) is 5.61. The first-order valence-electron chi connectivity index (χ1n) is 12.7. The van der Waals surface area contributed by atoms with Crippen molar-refractivity contribution in [2.45, 2.75) is 96.1 Å². The second-order valence-corrected chi connectivity index (χ2v) is 8.59. The molecule has 0 unspecified atom stereocenters. The van der Waals surface area contributed by atoms with Crippen LogP contribution in [0.1, 0.15) is 83.2 Å². The number of H-pyrrole nitrogens is 1. The van der Waals surface area contributed by atoms with Gasteiger partial charge in [0.1, 0.15) is 12.1 Å². The lowest BCUT2D eigenvalue weighted by Crippen LogP contribution is -2.53. The molecule has 10 heteroatoms. The van der Waals surface area contributed by atoms with Crippen molar-refractivity contribution >= 4 is 17.8 Å². The Morgan fingerprint density at radius 2 is 1.68 bits per heavy atom. The van der Waals surface area contributed by atoms with Gasteiger partial charge in [-0.15, -0.1) is 0 Å². The number of unbranched alkanes of at least 4 members (excludes halogenated alkanes) is 8. The Morgan fingerprint density at radius 3 is 2.29 bits per heavy atom. The van der Waals surface area contributed by atoms with Gasteiger partial charge in [0.25, 0.3) is 0 Å². The molecule has 1 aromatic heterocycles. The average molecular weight is 481 g/mol. The second kappa shape index (κ2) is 18.9. The topological polar surface area (TPSA) is 165 Å². The summed E-state index contributed by atoms with van der Waals surface area (Å²) in [6.07, 6.45) is 14.3. The molecule has 0 aliphatic heterocycles. The zero-order valence-corrected chi connectivity index (χ0v) is 20.7. The van der Waals surface area contributed by atoms with E-state index in [4.69, 9.17) is 16.2 Å². The quantitative estimate of drug-likeness (QED) is 0.140. The van der Waals surface area contributed by atoms with Gasteiger partial charge in [-0.1, -0.05) is 51.9 Å². The van der Waals surface area contributed by atoms with Crippen molar-refractivity contribution in [3.8, 4) is 0 Å². The predicted octanol–water partition coefficient (Wildman–Crippen LogP) is 1.69. The fourth-order valence-corrected chi connectivity index (χ4v) is 3.60. The number of nitrogens with zero attached hydrogens (tertiary/aromatic N) is 1. The van der Waals surface area contributed by atoms with Crippen molar-refractivity contribution in [1.82, 2.24) is 20.6 Å². The van der Waals surface area contributed by atoms with Gasteiger partial charge in [-0.3, -0.25) is 9.59 Å². The highest BCUT2D eigenvalue weighted by atomic mass is 16.5. The summed E-state index contributed by atoms with van der Waals surface area (Å²) in [6, 6.07) is -1.69. The van der Waals surface area contributed by atoms with Gasteiger partial charge >= 0.3 is 5.97 Å². The minimum Gasteiger partial charge on any atom is -0.464 e. The summed E-state index contributed by atoms with van der Waals surface area (Å²) >= 11 is 0. The monoisotopic (exact) mass is 480 g/mol. The summed E-state index contributed by atoms with van der Waals surface area (Å²) in [7, 11) is 0. The van der Waals surface area contributed by atoms with Crippen LogP contribution >= 0.6 is 0 Å². The number of ether oxygens (including phenoxy) is 1. The number of amides is 2. The summed E-state index contributed by atoms with van der Waals surface area (Å²) in [5.74, 6) is -1.39. The molecule has 0 radical (unpaired) electrons. The number of carbonyl (C=O) groups excluding carboxylic acids is 3. The van der Waals surface area contributed by atoms with E-state index >= 15 is 0 Å². The van der Waals surface area contributed by atoms with Crippen molar-refractivity contribution in [3.05, 3.63) is 18.2 Å². The molecule has 1 rings (SSSR count). The number of hydrogen-bond acceptors (Lipinski definition) is 7. The molecule has 0 aromatic carbocycles. The first kappa shape index (κ1) is 29.6. The maximum atomic E-state index is 13.0. The molecule has 0 spiro atoms. The van der Waals surface area contributed by atoms with Crippen LogP contribution in [-0.4, -0.2) is 59.5 Å². The average Bonchev–Trinajstić information content (AvgIpc) is 3.35. The number of hydrogen-bond donors (Lipinski definition) is 5. The number of aromatic nitrogens is 2. The number of imidazole rings is 1. The number of nitrogens with one attached hydrogen (secondary N) is 3. The molecule has 0 aliphatic rings. The molecule has 0 fully saturated rings. The van der Waals surface area contributed by atoms with Crippen molar-refractivity contribution in [2.75, 3.05) is 19.7 Å². The van der Waals surface area contributed by atoms with Crippen LogP contribution in [0, 0.1) is 0 Å². The molecule has 0 bridgehead atoms. The largest absolute Gasteiger partial charge is 0.464 e. The number of rotatable bonds is 20. The van der Waals surface area contributed by atoms with Gasteiger partial charge < -0.3 is 31.8 Å². The van der Waals surface area contributed by atoms with E-state index in [1.165, 1.54) is 38.4 Å². The number of nitrogens with two attached hydrogens (primary N) is 2. The molecule has 1 aromatic rings. The Labute approximate surface area is 203 Å². The SMILES string of the molecule is CCCCCCCCCCOC(=O)[C@H](CCCCN)NC(=O)[C@H](Cc1cnc[nH]1)NC(=O)CN. The molecule has 1 heterocycles. The fraction of sp³-hybridized carbons (Fsp3) is 0.750. The Morgan fingerprint density at radius 1 is 0.971 bits per heavy atom. The number of esters is 1. The van der Waals surface area contributed by atoms with E-state index in [0.29, 0.717) is 31.7 Å². The standard InChI is InChI=1S/C24H44N6O4/c1-2-3-4-5-6-7-8-11-14-34-24(33)20(12-9-10-13-25)30-23(32)21(29-22(31)16-26)15-19-17-27-18-28-19/h17-18,20-21H,2-16,25-26H2,1H3,(H,27,28)(H,29,31)(H,30,32)/t20-,21-/m0/s1. The Hall–Kier alpha value is -2.46. The number of carbonyl (C=O) groups is 3. The van der Waals surface area contributed by atoms with Crippen molar-refractivity contribution in [1.29, 1.82) is 0 Å². The summed E-state index contributed by atoms with van der Waals surface area (Å²) in [6.45, 7) is 2.80. The first-order valence-corrected chi connectivity index (χ1v) is 12.7. The van der Waals surface area contributed by atoms with Crippen molar-refractivity contribution in [3.63, 3.8) is 0 Å². The Bertz CT molecular complexity index is 683. The molecule has 10 nitrogen and oxygen atoms in total. The predicted molar refractivity (Wildman–Crippen MR) is 132 cm³/mol. The van der Waals surface area contributed by atoms with Gasteiger partial charge in [0.05, 0.1) is 19.5 Å². The minimum atomic E-state index is -0.894. The zero-order chi connectivity index (χ0) is 25.0. The van der Waals surface area contributed by atoms with E-state index in [1.54, 1.807) is 6.20 Å². The first-order chi connectivity index (χ1) is 16.5.